The summed E-state index contributed by atoms with van der Waals surface area (Å²) in [5.74, 6) is -1.66. The normalized spacial score (nSPS) is 10.0. The van der Waals surface area contributed by atoms with Gasteiger partial charge in [-0.25, -0.2) is 0 Å². The molecule has 0 fully saturated rings. The SMILES string of the molecule is Cc1ccc(C)c(NC(=O)C(=O)Nc2ccc([N+](=O)[O-])cc2)c1. The zero-order valence-corrected chi connectivity index (χ0v) is 12.6. The second-order valence-corrected chi connectivity index (χ2v) is 5.03. The van der Waals surface area contributed by atoms with Gasteiger partial charge in [-0.3, -0.25) is 19.7 Å². The van der Waals surface area contributed by atoms with E-state index in [4.69, 9.17) is 0 Å². The molecule has 0 radical (unpaired) electrons. The summed E-state index contributed by atoms with van der Waals surface area (Å²) >= 11 is 0. The Morgan fingerprint density at radius 1 is 0.957 bits per heavy atom. The second kappa shape index (κ2) is 6.69. The van der Waals surface area contributed by atoms with Crippen molar-refractivity contribution in [1.29, 1.82) is 0 Å². The summed E-state index contributed by atoms with van der Waals surface area (Å²) in [5.41, 5.74) is 2.57. The second-order valence-electron chi connectivity index (χ2n) is 5.03. The van der Waals surface area contributed by atoms with Gasteiger partial charge in [-0.15, -0.1) is 0 Å². The summed E-state index contributed by atoms with van der Waals surface area (Å²) in [4.78, 5) is 33.8. The van der Waals surface area contributed by atoms with Crippen molar-refractivity contribution < 1.29 is 14.5 Å². The van der Waals surface area contributed by atoms with Crippen LogP contribution in [0.5, 0.6) is 0 Å². The van der Waals surface area contributed by atoms with Crippen LogP contribution in [0.25, 0.3) is 0 Å². The monoisotopic (exact) mass is 313 g/mol. The van der Waals surface area contributed by atoms with Gasteiger partial charge in [-0.05, 0) is 43.2 Å². The Balaban J connectivity index is 2.03. The zero-order chi connectivity index (χ0) is 17.0. The van der Waals surface area contributed by atoms with Crippen LogP contribution in [-0.4, -0.2) is 16.7 Å². The molecule has 0 heterocycles. The molecule has 0 atom stereocenters. The number of nitrogens with zero attached hydrogens (tertiary/aromatic N) is 1. The first-order valence-corrected chi connectivity index (χ1v) is 6.81. The molecule has 0 unspecified atom stereocenters. The molecule has 0 aliphatic carbocycles. The molecule has 0 aliphatic heterocycles. The highest BCUT2D eigenvalue weighted by Crippen LogP contribution is 2.17. The number of non-ortho nitro benzene ring substituents is 1. The van der Waals surface area contributed by atoms with Crippen LogP contribution in [0.1, 0.15) is 11.1 Å². The molecule has 118 valence electrons. The number of anilines is 2. The standard InChI is InChI=1S/C16H15N3O4/c1-10-3-4-11(2)14(9-10)18-16(21)15(20)17-12-5-7-13(8-6-12)19(22)23/h3-9H,1-2H3,(H,17,20)(H,18,21). The van der Waals surface area contributed by atoms with Crippen molar-refractivity contribution in [1.82, 2.24) is 0 Å². The van der Waals surface area contributed by atoms with Crippen molar-refractivity contribution in [3.63, 3.8) is 0 Å². The Morgan fingerprint density at radius 3 is 2.17 bits per heavy atom. The molecular weight excluding hydrogens is 298 g/mol. The molecular formula is C16H15N3O4. The number of nitro benzene ring substituents is 1. The van der Waals surface area contributed by atoms with Crippen LogP contribution >= 0.6 is 0 Å². The van der Waals surface area contributed by atoms with E-state index in [1.54, 1.807) is 6.07 Å². The number of nitrogens with one attached hydrogen (secondary N) is 2. The molecule has 2 N–H and O–H groups in total. The predicted octanol–water partition coefficient (Wildman–Crippen LogP) is 2.79. The summed E-state index contributed by atoms with van der Waals surface area (Å²) in [6.45, 7) is 3.70. The first-order valence-electron chi connectivity index (χ1n) is 6.81. The highest BCUT2D eigenvalue weighted by Gasteiger charge is 2.15. The number of nitro groups is 1. The molecule has 0 aromatic heterocycles. The molecule has 7 nitrogen and oxygen atoms in total. The molecule has 2 rings (SSSR count). The van der Waals surface area contributed by atoms with Crippen molar-refractivity contribution in [3.8, 4) is 0 Å². The van der Waals surface area contributed by atoms with Crippen LogP contribution in [0.15, 0.2) is 42.5 Å². The maximum atomic E-state index is 11.9. The Hall–Kier alpha value is -3.22. The molecule has 0 saturated carbocycles. The molecule has 0 spiro atoms. The lowest BCUT2D eigenvalue weighted by Gasteiger charge is -2.09. The lowest BCUT2D eigenvalue weighted by atomic mass is 10.1. The number of hydrogen-bond acceptors (Lipinski definition) is 4. The fourth-order valence-electron chi connectivity index (χ4n) is 1.90. The number of carbonyl (C=O) groups is 2. The van der Waals surface area contributed by atoms with Crippen molar-refractivity contribution in [2.24, 2.45) is 0 Å². The van der Waals surface area contributed by atoms with E-state index < -0.39 is 16.7 Å². The van der Waals surface area contributed by atoms with E-state index in [-0.39, 0.29) is 5.69 Å². The Kier molecular flexibility index (Phi) is 4.70. The third kappa shape index (κ3) is 4.13. The molecule has 2 amide bonds. The molecule has 2 aromatic rings. The number of rotatable bonds is 3. The minimum absolute atomic E-state index is 0.0946. The molecule has 0 saturated heterocycles. The van der Waals surface area contributed by atoms with E-state index in [9.17, 15) is 19.7 Å². The number of carbonyl (C=O) groups excluding carboxylic acids is 2. The van der Waals surface area contributed by atoms with E-state index >= 15 is 0 Å². The maximum absolute atomic E-state index is 11.9. The fourth-order valence-corrected chi connectivity index (χ4v) is 1.90. The van der Waals surface area contributed by atoms with Gasteiger partial charge in [-0.2, -0.15) is 0 Å². The van der Waals surface area contributed by atoms with Gasteiger partial charge in [0.1, 0.15) is 0 Å². The Bertz CT molecular complexity index is 769. The van der Waals surface area contributed by atoms with Gasteiger partial charge in [0, 0.05) is 23.5 Å². The van der Waals surface area contributed by atoms with Crippen molar-refractivity contribution in [3.05, 3.63) is 63.7 Å². The van der Waals surface area contributed by atoms with Gasteiger partial charge < -0.3 is 10.6 Å². The molecule has 7 heteroatoms. The van der Waals surface area contributed by atoms with E-state index in [1.165, 1.54) is 24.3 Å². The van der Waals surface area contributed by atoms with Crippen molar-refractivity contribution in [2.75, 3.05) is 10.6 Å². The first kappa shape index (κ1) is 16.2. The quantitative estimate of drug-likeness (QED) is 0.517. The zero-order valence-electron chi connectivity index (χ0n) is 12.6. The Morgan fingerprint density at radius 2 is 1.57 bits per heavy atom. The topological polar surface area (TPSA) is 101 Å². The highest BCUT2D eigenvalue weighted by molar-refractivity contribution is 6.43. The van der Waals surface area contributed by atoms with Crippen molar-refractivity contribution in [2.45, 2.75) is 13.8 Å². The first-order chi connectivity index (χ1) is 10.9. The van der Waals surface area contributed by atoms with Crippen LogP contribution in [0.2, 0.25) is 0 Å². The number of amides is 2. The van der Waals surface area contributed by atoms with Gasteiger partial charge in [0.15, 0.2) is 0 Å². The summed E-state index contributed by atoms with van der Waals surface area (Å²) in [5, 5.41) is 15.5. The van der Waals surface area contributed by atoms with E-state index in [0.29, 0.717) is 11.4 Å². The van der Waals surface area contributed by atoms with Crippen LogP contribution in [0.3, 0.4) is 0 Å². The van der Waals surface area contributed by atoms with Crippen LogP contribution < -0.4 is 10.6 Å². The van der Waals surface area contributed by atoms with Gasteiger partial charge in [-0.1, -0.05) is 12.1 Å². The number of aryl methyl sites for hydroxylation is 2. The lowest BCUT2D eigenvalue weighted by molar-refractivity contribution is -0.384. The van der Waals surface area contributed by atoms with Crippen LogP contribution in [0, 0.1) is 24.0 Å². The number of benzene rings is 2. The average molecular weight is 313 g/mol. The van der Waals surface area contributed by atoms with E-state index in [0.717, 1.165) is 11.1 Å². The third-order valence-corrected chi connectivity index (χ3v) is 3.18. The molecule has 2 aromatic carbocycles. The van der Waals surface area contributed by atoms with Crippen LogP contribution in [0.4, 0.5) is 17.1 Å². The average Bonchev–Trinajstić information content (AvgIpc) is 2.51. The summed E-state index contributed by atoms with van der Waals surface area (Å²) in [7, 11) is 0. The number of hydrogen-bond donors (Lipinski definition) is 2. The largest absolute Gasteiger partial charge is 0.318 e. The van der Waals surface area contributed by atoms with Gasteiger partial charge in [0.05, 0.1) is 4.92 Å². The third-order valence-electron chi connectivity index (χ3n) is 3.18. The van der Waals surface area contributed by atoms with Gasteiger partial charge >= 0.3 is 11.8 Å². The van der Waals surface area contributed by atoms with E-state index in [1.807, 2.05) is 26.0 Å². The summed E-state index contributed by atoms with van der Waals surface area (Å²) < 4.78 is 0. The van der Waals surface area contributed by atoms with Gasteiger partial charge in [0.2, 0.25) is 0 Å². The van der Waals surface area contributed by atoms with Gasteiger partial charge in [0.25, 0.3) is 5.69 Å². The fraction of sp³-hybridized carbons (Fsp3) is 0.125. The minimum Gasteiger partial charge on any atom is -0.318 e. The molecule has 0 bridgehead atoms. The smallest absolute Gasteiger partial charge is 0.314 e. The lowest BCUT2D eigenvalue weighted by Crippen LogP contribution is -2.29. The summed E-state index contributed by atoms with van der Waals surface area (Å²) in [6, 6.07) is 10.7. The minimum atomic E-state index is -0.847. The maximum Gasteiger partial charge on any atom is 0.314 e. The summed E-state index contributed by atoms with van der Waals surface area (Å²) in [6.07, 6.45) is 0. The van der Waals surface area contributed by atoms with E-state index in [2.05, 4.69) is 10.6 Å². The Labute approximate surface area is 132 Å². The predicted molar refractivity (Wildman–Crippen MR) is 86.3 cm³/mol. The van der Waals surface area contributed by atoms with Crippen molar-refractivity contribution >= 4 is 28.9 Å². The molecule has 23 heavy (non-hydrogen) atoms. The molecule has 0 aliphatic rings. The highest BCUT2D eigenvalue weighted by atomic mass is 16.6. The van der Waals surface area contributed by atoms with Crippen LogP contribution in [-0.2, 0) is 9.59 Å².